The van der Waals surface area contributed by atoms with Gasteiger partial charge >= 0.3 is 0 Å². The zero-order valence-corrected chi connectivity index (χ0v) is 26.2. The summed E-state index contributed by atoms with van der Waals surface area (Å²) in [5, 5.41) is 2.94. The van der Waals surface area contributed by atoms with E-state index in [2.05, 4.69) is 5.32 Å². The van der Waals surface area contributed by atoms with Gasteiger partial charge in [-0.2, -0.15) is 0 Å². The molecule has 2 amide bonds. The van der Waals surface area contributed by atoms with E-state index in [1.54, 1.807) is 36.4 Å². The predicted octanol–water partition coefficient (Wildman–Crippen LogP) is 4.56. The molecule has 0 saturated carbocycles. The second-order valence-electron chi connectivity index (χ2n) is 11.2. The highest BCUT2D eigenvalue weighted by Gasteiger charge is 2.31. The summed E-state index contributed by atoms with van der Waals surface area (Å²) in [7, 11) is -3.70. The van der Waals surface area contributed by atoms with Crippen molar-refractivity contribution in [2.75, 3.05) is 36.9 Å². The Bertz CT molecular complexity index is 1530. The van der Waals surface area contributed by atoms with Crippen LogP contribution >= 0.6 is 0 Å². The van der Waals surface area contributed by atoms with Gasteiger partial charge in [-0.05, 0) is 36.1 Å². The monoisotopic (exact) mass is 625 g/mol. The van der Waals surface area contributed by atoms with Crippen molar-refractivity contribution in [1.29, 1.82) is 0 Å². The minimum absolute atomic E-state index is 0.0145. The Morgan fingerprint density at radius 1 is 0.955 bits per heavy atom. The normalized spacial score (nSPS) is 13.3. The molecule has 1 atom stereocenters. The summed E-state index contributed by atoms with van der Waals surface area (Å²) in [5.41, 5.74) is 1.53. The van der Waals surface area contributed by atoms with Gasteiger partial charge in [0.1, 0.15) is 25.1 Å². The first-order chi connectivity index (χ1) is 21.0. The fourth-order valence-corrected chi connectivity index (χ4v) is 5.93. The lowest BCUT2D eigenvalue weighted by molar-refractivity contribution is -0.141. The molecule has 0 aliphatic carbocycles. The molecule has 1 heterocycles. The van der Waals surface area contributed by atoms with Crippen LogP contribution < -0.4 is 19.1 Å². The van der Waals surface area contributed by atoms with Crippen molar-refractivity contribution in [2.45, 2.75) is 45.7 Å². The Morgan fingerprint density at radius 3 is 2.32 bits per heavy atom. The number of carbonyl (C=O) groups excluding carboxylic acids is 2. The highest BCUT2D eigenvalue weighted by molar-refractivity contribution is 7.92. The maximum atomic E-state index is 14.8. The average Bonchev–Trinajstić information content (AvgIpc) is 3.00. The van der Waals surface area contributed by atoms with Crippen LogP contribution in [0.15, 0.2) is 72.8 Å². The number of benzene rings is 3. The third-order valence-electron chi connectivity index (χ3n) is 7.22. The van der Waals surface area contributed by atoms with E-state index in [1.807, 2.05) is 44.2 Å². The van der Waals surface area contributed by atoms with Gasteiger partial charge in [0, 0.05) is 44.1 Å². The fourth-order valence-electron chi connectivity index (χ4n) is 4.98. The second kappa shape index (κ2) is 15.1. The number of nitrogens with one attached hydrogen (secondary N) is 1. The molecular weight excluding hydrogens is 585 g/mol. The van der Waals surface area contributed by atoms with Gasteiger partial charge in [-0.3, -0.25) is 13.9 Å². The quantitative estimate of drug-likeness (QED) is 0.282. The van der Waals surface area contributed by atoms with Gasteiger partial charge in [-0.1, -0.05) is 62.4 Å². The predicted molar refractivity (Wildman–Crippen MR) is 168 cm³/mol. The maximum absolute atomic E-state index is 14.8. The molecule has 0 aromatic heterocycles. The minimum atomic E-state index is -3.70. The number of nitrogens with zero attached hydrogens (tertiary/aromatic N) is 2. The van der Waals surface area contributed by atoms with E-state index in [0.29, 0.717) is 36.9 Å². The van der Waals surface area contributed by atoms with Gasteiger partial charge in [-0.25, -0.2) is 12.8 Å². The molecule has 3 aromatic carbocycles. The number of sulfonamides is 1. The second-order valence-corrected chi connectivity index (χ2v) is 13.1. The molecule has 0 unspecified atom stereocenters. The molecule has 0 spiro atoms. The number of hydrogen-bond donors (Lipinski definition) is 1. The smallest absolute Gasteiger partial charge is 0.243 e. The summed E-state index contributed by atoms with van der Waals surface area (Å²) in [6, 6.07) is 19.5. The molecule has 0 radical (unpaired) electrons. The summed E-state index contributed by atoms with van der Waals surface area (Å²) in [6.07, 6.45) is 1.44. The largest absolute Gasteiger partial charge is 0.486 e. The van der Waals surface area contributed by atoms with E-state index >= 15 is 0 Å². The van der Waals surface area contributed by atoms with Crippen LogP contribution in [0.1, 0.15) is 37.8 Å². The zero-order valence-electron chi connectivity index (χ0n) is 25.4. The minimum Gasteiger partial charge on any atom is -0.486 e. The van der Waals surface area contributed by atoms with Crippen molar-refractivity contribution in [2.24, 2.45) is 5.92 Å². The molecule has 236 valence electrons. The summed E-state index contributed by atoms with van der Waals surface area (Å²) < 4.78 is 52.8. The third-order valence-corrected chi connectivity index (χ3v) is 8.41. The third kappa shape index (κ3) is 8.95. The first-order valence-electron chi connectivity index (χ1n) is 14.7. The number of anilines is 1. The highest BCUT2D eigenvalue weighted by atomic mass is 32.2. The molecule has 0 fully saturated rings. The first-order valence-corrected chi connectivity index (χ1v) is 16.6. The molecule has 11 heteroatoms. The lowest BCUT2D eigenvalue weighted by Crippen LogP contribution is -2.51. The number of fused-ring (bicyclic) bond motifs is 1. The van der Waals surface area contributed by atoms with Crippen LogP contribution in [0.3, 0.4) is 0 Å². The van der Waals surface area contributed by atoms with E-state index < -0.39 is 21.9 Å². The van der Waals surface area contributed by atoms with Crippen molar-refractivity contribution in [3.8, 4) is 11.5 Å². The maximum Gasteiger partial charge on any atom is 0.243 e. The summed E-state index contributed by atoms with van der Waals surface area (Å²) in [4.78, 5) is 28.9. The van der Waals surface area contributed by atoms with Crippen LogP contribution in [0, 0.1) is 11.7 Å². The lowest BCUT2D eigenvalue weighted by atomic mass is 10.0. The SMILES string of the molecule is CC(C)CNC(=O)[C@H](Cc1ccccc1)N(Cc1ccccc1F)C(=O)CCCN(c1ccc2c(c1)OCCO2)S(C)(=O)=O. The van der Waals surface area contributed by atoms with E-state index in [9.17, 15) is 22.4 Å². The number of hydrogen-bond acceptors (Lipinski definition) is 6. The molecule has 1 aliphatic heterocycles. The van der Waals surface area contributed by atoms with Crippen molar-refractivity contribution in [3.63, 3.8) is 0 Å². The molecule has 0 saturated heterocycles. The number of halogens is 1. The van der Waals surface area contributed by atoms with Crippen LogP contribution in [0.2, 0.25) is 0 Å². The molecule has 4 rings (SSSR count). The lowest BCUT2D eigenvalue weighted by Gasteiger charge is -2.32. The Hall–Kier alpha value is -4.12. The van der Waals surface area contributed by atoms with Gasteiger partial charge in [0.25, 0.3) is 0 Å². The van der Waals surface area contributed by atoms with Gasteiger partial charge in [-0.15, -0.1) is 0 Å². The Labute approximate surface area is 259 Å². The van der Waals surface area contributed by atoms with Crippen LogP contribution in [0.5, 0.6) is 11.5 Å². The molecule has 1 aliphatic rings. The molecule has 44 heavy (non-hydrogen) atoms. The molecule has 3 aromatic rings. The summed E-state index contributed by atoms with van der Waals surface area (Å²) in [6.45, 7) is 5.04. The van der Waals surface area contributed by atoms with Crippen molar-refractivity contribution < 1.29 is 31.9 Å². The Balaban J connectivity index is 1.58. The molecular formula is C33H40FN3O6S. The molecule has 9 nitrogen and oxygen atoms in total. The van der Waals surface area contributed by atoms with Crippen molar-refractivity contribution >= 4 is 27.5 Å². The van der Waals surface area contributed by atoms with Gasteiger partial charge in [0.15, 0.2) is 11.5 Å². The molecule has 0 bridgehead atoms. The fraction of sp³-hybridized carbons (Fsp3) is 0.394. The number of ether oxygens (including phenoxy) is 2. The van der Waals surface area contributed by atoms with Crippen LogP contribution in [-0.4, -0.2) is 63.7 Å². The van der Waals surface area contributed by atoms with Crippen LogP contribution in [0.4, 0.5) is 10.1 Å². The Morgan fingerprint density at radius 2 is 1.64 bits per heavy atom. The number of carbonyl (C=O) groups is 2. The van der Waals surface area contributed by atoms with E-state index in [4.69, 9.17) is 9.47 Å². The highest BCUT2D eigenvalue weighted by Crippen LogP contribution is 2.35. The van der Waals surface area contributed by atoms with Gasteiger partial charge in [0.2, 0.25) is 21.8 Å². The van der Waals surface area contributed by atoms with E-state index in [0.717, 1.165) is 11.8 Å². The van der Waals surface area contributed by atoms with E-state index in [-0.39, 0.29) is 55.6 Å². The van der Waals surface area contributed by atoms with Gasteiger partial charge < -0.3 is 19.7 Å². The van der Waals surface area contributed by atoms with Crippen LogP contribution in [0.25, 0.3) is 0 Å². The van der Waals surface area contributed by atoms with E-state index in [1.165, 1.54) is 15.3 Å². The van der Waals surface area contributed by atoms with Gasteiger partial charge in [0.05, 0.1) is 11.9 Å². The standard InChI is InChI=1S/C33H40FN3O6S/c1-24(2)22-35-33(39)29(20-25-10-5-4-6-11-25)36(23-26-12-7-8-13-28(26)34)32(38)14-9-17-37(44(3,40)41)27-15-16-30-31(21-27)43-19-18-42-30/h4-8,10-13,15-16,21,24,29H,9,14,17-20,22-23H2,1-3H3,(H,35,39)/t29-/m0/s1. The Kier molecular flexibility index (Phi) is 11.2. The molecule has 1 N–H and O–H groups in total. The number of amides is 2. The first kappa shape index (κ1) is 32.8. The van der Waals surface area contributed by atoms with Crippen molar-refractivity contribution in [1.82, 2.24) is 10.2 Å². The van der Waals surface area contributed by atoms with Crippen molar-refractivity contribution in [3.05, 3.63) is 89.7 Å². The topological polar surface area (TPSA) is 105 Å². The average molecular weight is 626 g/mol. The van der Waals surface area contributed by atoms with Crippen LogP contribution in [-0.2, 0) is 32.6 Å². The number of rotatable bonds is 14. The summed E-state index contributed by atoms with van der Waals surface area (Å²) >= 11 is 0. The summed E-state index contributed by atoms with van der Waals surface area (Å²) in [5.74, 6) is -0.0214. The zero-order chi connectivity index (χ0) is 31.7.